The normalized spacial score (nSPS) is 12.5. The van der Waals surface area contributed by atoms with Gasteiger partial charge in [0.05, 0.1) is 5.92 Å². The van der Waals surface area contributed by atoms with Gasteiger partial charge in [-0.3, -0.25) is 4.79 Å². The molecule has 15 heavy (non-hydrogen) atoms. The molecule has 1 rings (SSSR count). The van der Waals surface area contributed by atoms with Gasteiger partial charge in [-0.05, 0) is 36.6 Å². The van der Waals surface area contributed by atoms with Crippen molar-refractivity contribution >= 4 is 21.9 Å². The fraction of sp³-hybridized carbons (Fsp3) is 0.364. The largest absolute Gasteiger partial charge is 0.481 e. The number of halogens is 1. The smallest absolute Gasteiger partial charge is 0.312 e. The number of hydrogen-bond acceptors (Lipinski definition) is 2. The van der Waals surface area contributed by atoms with Crippen LogP contribution in [0.5, 0.6) is 0 Å². The molecule has 0 aliphatic rings. The van der Waals surface area contributed by atoms with Crippen LogP contribution in [-0.2, 0) is 4.79 Å². The monoisotopic (exact) mass is 271 g/mol. The molecule has 1 atom stereocenters. The average molecular weight is 272 g/mol. The molecule has 82 valence electrons. The molecule has 1 aromatic carbocycles. The number of aryl methyl sites for hydroxylation is 1. The molecule has 4 heteroatoms. The Labute approximate surface area is 97.4 Å². The topological polar surface area (TPSA) is 63.3 Å². The summed E-state index contributed by atoms with van der Waals surface area (Å²) in [6.07, 6.45) is 0. The van der Waals surface area contributed by atoms with Crippen molar-refractivity contribution in [3.8, 4) is 0 Å². The minimum atomic E-state index is -0.873. The minimum Gasteiger partial charge on any atom is -0.481 e. The van der Waals surface area contributed by atoms with Crippen LogP contribution >= 0.6 is 15.9 Å². The van der Waals surface area contributed by atoms with Crippen molar-refractivity contribution in [2.75, 3.05) is 6.54 Å². The molecule has 0 fully saturated rings. The highest BCUT2D eigenvalue weighted by molar-refractivity contribution is 9.10. The maximum atomic E-state index is 11.1. The van der Waals surface area contributed by atoms with Crippen LogP contribution in [0, 0.1) is 13.8 Å². The van der Waals surface area contributed by atoms with Gasteiger partial charge in [-0.15, -0.1) is 0 Å². The average Bonchev–Trinajstić information content (AvgIpc) is 2.18. The molecule has 0 saturated carbocycles. The molecule has 3 N–H and O–H groups in total. The summed E-state index contributed by atoms with van der Waals surface area (Å²) in [7, 11) is 0. The van der Waals surface area contributed by atoms with E-state index in [-0.39, 0.29) is 6.54 Å². The fourth-order valence-electron chi connectivity index (χ4n) is 1.72. The lowest BCUT2D eigenvalue weighted by Crippen LogP contribution is -2.23. The Morgan fingerprint density at radius 1 is 1.53 bits per heavy atom. The first-order chi connectivity index (χ1) is 6.99. The zero-order valence-electron chi connectivity index (χ0n) is 8.75. The molecule has 0 aliphatic heterocycles. The van der Waals surface area contributed by atoms with Gasteiger partial charge in [-0.25, -0.2) is 0 Å². The molecule has 3 nitrogen and oxygen atoms in total. The predicted molar refractivity (Wildman–Crippen MR) is 63.0 cm³/mol. The lowest BCUT2D eigenvalue weighted by molar-refractivity contribution is -0.138. The third kappa shape index (κ3) is 2.38. The van der Waals surface area contributed by atoms with Crippen LogP contribution in [0.3, 0.4) is 0 Å². The van der Waals surface area contributed by atoms with Crippen LogP contribution in [0.25, 0.3) is 0 Å². The summed E-state index contributed by atoms with van der Waals surface area (Å²) in [6.45, 7) is 3.92. The van der Waals surface area contributed by atoms with E-state index in [0.717, 1.165) is 21.2 Å². The van der Waals surface area contributed by atoms with E-state index in [1.807, 2.05) is 26.0 Å². The number of carboxylic acids is 1. The van der Waals surface area contributed by atoms with Crippen LogP contribution in [0.15, 0.2) is 16.6 Å². The first kappa shape index (κ1) is 12.2. The number of nitrogens with two attached hydrogens (primary N) is 1. The molecular weight excluding hydrogens is 258 g/mol. The van der Waals surface area contributed by atoms with Crippen LogP contribution in [0.4, 0.5) is 0 Å². The minimum absolute atomic E-state index is 0.119. The van der Waals surface area contributed by atoms with E-state index in [2.05, 4.69) is 15.9 Å². The molecule has 0 radical (unpaired) electrons. The van der Waals surface area contributed by atoms with Crippen molar-refractivity contribution in [2.45, 2.75) is 19.8 Å². The molecular formula is C11H14BrNO2. The van der Waals surface area contributed by atoms with Gasteiger partial charge in [0, 0.05) is 11.0 Å². The number of hydrogen-bond donors (Lipinski definition) is 2. The van der Waals surface area contributed by atoms with E-state index in [1.54, 1.807) is 0 Å². The third-order valence-electron chi connectivity index (χ3n) is 2.55. The molecule has 0 saturated heterocycles. The van der Waals surface area contributed by atoms with E-state index >= 15 is 0 Å². The molecule has 1 aromatic rings. The van der Waals surface area contributed by atoms with Crippen LogP contribution in [0.2, 0.25) is 0 Å². The highest BCUT2D eigenvalue weighted by atomic mass is 79.9. The second kappa shape index (κ2) is 4.77. The van der Waals surface area contributed by atoms with Crippen molar-refractivity contribution in [2.24, 2.45) is 5.73 Å². The number of carboxylic acid groups (broad SMARTS) is 1. The van der Waals surface area contributed by atoms with Crippen molar-refractivity contribution < 1.29 is 9.90 Å². The van der Waals surface area contributed by atoms with Crippen molar-refractivity contribution in [1.29, 1.82) is 0 Å². The SMILES string of the molecule is Cc1ccc(Br)c(C)c1C(CN)C(=O)O. The lowest BCUT2D eigenvalue weighted by Gasteiger charge is -2.17. The fourth-order valence-corrected chi connectivity index (χ4v) is 2.06. The first-order valence-corrected chi connectivity index (χ1v) is 5.46. The second-order valence-corrected chi connectivity index (χ2v) is 4.38. The van der Waals surface area contributed by atoms with Crippen LogP contribution in [0.1, 0.15) is 22.6 Å². The summed E-state index contributed by atoms with van der Waals surface area (Å²) < 4.78 is 0.919. The Balaban J connectivity index is 3.34. The van der Waals surface area contributed by atoms with E-state index in [9.17, 15) is 4.79 Å². The van der Waals surface area contributed by atoms with Crippen LogP contribution < -0.4 is 5.73 Å². The Bertz CT molecular complexity index is 390. The summed E-state index contributed by atoms with van der Waals surface area (Å²) in [5.41, 5.74) is 8.23. The highest BCUT2D eigenvalue weighted by Crippen LogP contribution is 2.28. The molecule has 0 aromatic heterocycles. The standard InChI is InChI=1S/C11H14BrNO2/c1-6-3-4-9(12)7(2)10(6)8(5-13)11(14)15/h3-4,8H,5,13H2,1-2H3,(H,14,15). The zero-order chi connectivity index (χ0) is 11.6. The van der Waals surface area contributed by atoms with Gasteiger partial charge in [0.15, 0.2) is 0 Å². The predicted octanol–water partition coefficient (Wildman–Crippen LogP) is 2.19. The first-order valence-electron chi connectivity index (χ1n) is 4.67. The molecule has 0 spiro atoms. The Kier molecular flexibility index (Phi) is 3.88. The molecule has 0 bridgehead atoms. The van der Waals surface area contributed by atoms with Gasteiger partial charge in [-0.1, -0.05) is 22.0 Å². The number of benzene rings is 1. The van der Waals surface area contributed by atoms with E-state index in [0.29, 0.717) is 0 Å². The molecule has 0 aliphatic carbocycles. The van der Waals surface area contributed by atoms with Gasteiger partial charge >= 0.3 is 5.97 Å². The summed E-state index contributed by atoms with van der Waals surface area (Å²) in [6, 6.07) is 3.82. The van der Waals surface area contributed by atoms with Crippen molar-refractivity contribution in [3.63, 3.8) is 0 Å². The Hall–Kier alpha value is -0.870. The summed E-state index contributed by atoms with van der Waals surface area (Å²) in [5.74, 6) is -1.50. The summed E-state index contributed by atoms with van der Waals surface area (Å²) in [5, 5.41) is 9.07. The van der Waals surface area contributed by atoms with E-state index < -0.39 is 11.9 Å². The highest BCUT2D eigenvalue weighted by Gasteiger charge is 2.22. The Morgan fingerprint density at radius 2 is 2.13 bits per heavy atom. The molecule has 0 amide bonds. The maximum absolute atomic E-state index is 11.1. The summed E-state index contributed by atoms with van der Waals surface area (Å²) >= 11 is 3.39. The van der Waals surface area contributed by atoms with E-state index in [4.69, 9.17) is 10.8 Å². The zero-order valence-corrected chi connectivity index (χ0v) is 10.3. The van der Waals surface area contributed by atoms with Gasteiger partial charge in [0.25, 0.3) is 0 Å². The summed E-state index contributed by atoms with van der Waals surface area (Å²) in [4.78, 5) is 11.1. The van der Waals surface area contributed by atoms with Gasteiger partial charge in [0.2, 0.25) is 0 Å². The lowest BCUT2D eigenvalue weighted by atomic mass is 9.91. The quantitative estimate of drug-likeness (QED) is 0.886. The maximum Gasteiger partial charge on any atom is 0.312 e. The molecule has 1 unspecified atom stereocenters. The number of aliphatic carboxylic acids is 1. The molecule has 0 heterocycles. The number of rotatable bonds is 3. The van der Waals surface area contributed by atoms with Crippen molar-refractivity contribution in [3.05, 3.63) is 33.3 Å². The van der Waals surface area contributed by atoms with Gasteiger partial charge in [-0.2, -0.15) is 0 Å². The van der Waals surface area contributed by atoms with E-state index in [1.165, 1.54) is 0 Å². The Morgan fingerprint density at radius 3 is 2.60 bits per heavy atom. The second-order valence-electron chi connectivity index (χ2n) is 3.53. The van der Waals surface area contributed by atoms with Gasteiger partial charge < -0.3 is 10.8 Å². The van der Waals surface area contributed by atoms with Crippen LogP contribution in [-0.4, -0.2) is 17.6 Å². The third-order valence-corrected chi connectivity index (χ3v) is 3.41. The van der Waals surface area contributed by atoms with Crippen molar-refractivity contribution in [1.82, 2.24) is 0 Å². The number of carbonyl (C=O) groups is 1. The van der Waals surface area contributed by atoms with Gasteiger partial charge in [0.1, 0.15) is 0 Å².